The van der Waals surface area contributed by atoms with Crippen LogP contribution in [0.1, 0.15) is 10.6 Å². The Bertz CT molecular complexity index is 1130. The first kappa shape index (κ1) is 18.4. The van der Waals surface area contributed by atoms with Crippen LogP contribution in [0.15, 0.2) is 83.3 Å². The molecule has 0 aliphatic heterocycles. The van der Waals surface area contributed by atoms with Gasteiger partial charge < -0.3 is 5.32 Å². The molecule has 0 unspecified atom stereocenters. The van der Waals surface area contributed by atoms with Crippen LogP contribution in [-0.4, -0.2) is 20.7 Å². The van der Waals surface area contributed by atoms with E-state index in [0.29, 0.717) is 16.5 Å². The summed E-state index contributed by atoms with van der Waals surface area (Å²) >= 11 is 9.57. The molecule has 0 saturated carbocycles. The van der Waals surface area contributed by atoms with Crippen LogP contribution in [0.3, 0.4) is 0 Å². The van der Waals surface area contributed by atoms with Gasteiger partial charge in [0.05, 0.1) is 16.4 Å². The standard InChI is InChI=1S/C21H14BrClN4O/c22-15-12-10-14(11-13-15)20-25-19(26-27(20)16-6-2-1-3-7-16)21(28)24-18-9-5-4-8-17(18)23/h1-13H,(H,24,28). The van der Waals surface area contributed by atoms with Crippen molar-refractivity contribution in [3.8, 4) is 17.1 Å². The molecule has 0 fully saturated rings. The number of hydrogen-bond donors (Lipinski definition) is 1. The van der Waals surface area contributed by atoms with Gasteiger partial charge in [-0.1, -0.05) is 70.0 Å². The van der Waals surface area contributed by atoms with E-state index in [4.69, 9.17) is 11.6 Å². The summed E-state index contributed by atoms with van der Waals surface area (Å²) in [5, 5.41) is 7.66. The molecule has 4 aromatic rings. The van der Waals surface area contributed by atoms with Crippen molar-refractivity contribution < 1.29 is 4.79 Å². The third-order valence-corrected chi connectivity index (χ3v) is 4.89. The number of hydrogen-bond acceptors (Lipinski definition) is 3. The maximum absolute atomic E-state index is 12.7. The van der Waals surface area contributed by atoms with Crippen molar-refractivity contribution >= 4 is 39.1 Å². The van der Waals surface area contributed by atoms with Crippen molar-refractivity contribution in [1.29, 1.82) is 0 Å². The first-order chi connectivity index (χ1) is 13.6. The van der Waals surface area contributed by atoms with Crippen molar-refractivity contribution in [2.24, 2.45) is 0 Å². The zero-order chi connectivity index (χ0) is 19.5. The van der Waals surface area contributed by atoms with E-state index in [-0.39, 0.29) is 5.82 Å². The lowest BCUT2D eigenvalue weighted by atomic mass is 10.2. The Hall–Kier alpha value is -2.96. The van der Waals surface area contributed by atoms with Gasteiger partial charge in [-0.25, -0.2) is 9.67 Å². The molecule has 1 N–H and O–H groups in total. The van der Waals surface area contributed by atoms with Crippen LogP contribution in [-0.2, 0) is 0 Å². The number of carbonyl (C=O) groups is 1. The molecular weight excluding hydrogens is 440 g/mol. The minimum Gasteiger partial charge on any atom is -0.318 e. The first-order valence-electron chi connectivity index (χ1n) is 8.46. The van der Waals surface area contributed by atoms with Crippen molar-refractivity contribution in [2.75, 3.05) is 5.32 Å². The number of nitrogens with zero attached hydrogens (tertiary/aromatic N) is 3. The molecule has 5 nitrogen and oxygen atoms in total. The predicted molar refractivity (Wildman–Crippen MR) is 114 cm³/mol. The second-order valence-corrected chi connectivity index (χ2v) is 7.27. The van der Waals surface area contributed by atoms with Crippen molar-refractivity contribution in [3.63, 3.8) is 0 Å². The second-order valence-electron chi connectivity index (χ2n) is 5.95. The zero-order valence-corrected chi connectivity index (χ0v) is 16.9. The Kier molecular flexibility index (Phi) is 5.23. The van der Waals surface area contributed by atoms with E-state index in [1.807, 2.05) is 54.6 Å². The number of benzene rings is 3. The highest BCUT2D eigenvalue weighted by atomic mass is 79.9. The van der Waals surface area contributed by atoms with Gasteiger partial charge in [0.2, 0.25) is 5.82 Å². The molecule has 0 aliphatic carbocycles. The summed E-state index contributed by atoms with van der Waals surface area (Å²) in [4.78, 5) is 17.2. The Labute approximate surface area is 175 Å². The molecule has 0 saturated heterocycles. The molecule has 0 radical (unpaired) electrons. The topological polar surface area (TPSA) is 59.8 Å². The van der Waals surface area contributed by atoms with Gasteiger partial charge in [0.1, 0.15) is 0 Å². The summed E-state index contributed by atoms with van der Waals surface area (Å²) in [7, 11) is 0. The van der Waals surface area contributed by atoms with Gasteiger partial charge in [-0.3, -0.25) is 4.79 Å². The SMILES string of the molecule is O=C(Nc1ccccc1Cl)c1nc(-c2ccc(Br)cc2)n(-c2ccccc2)n1. The van der Waals surface area contributed by atoms with Gasteiger partial charge in [0.25, 0.3) is 5.91 Å². The van der Waals surface area contributed by atoms with E-state index in [9.17, 15) is 4.79 Å². The Balaban J connectivity index is 1.76. The normalized spacial score (nSPS) is 10.6. The highest BCUT2D eigenvalue weighted by Gasteiger charge is 2.19. The fourth-order valence-corrected chi connectivity index (χ4v) is 3.13. The van der Waals surface area contributed by atoms with E-state index in [1.165, 1.54) is 0 Å². The van der Waals surface area contributed by atoms with Crippen molar-refractivity contribution in [2.45, 2.75) is 0 Å². The lowest BCUT2D eigenvalue weighted by Crippen LogP contribution is -2.14. The van der Waals surface area contributed by atoms with Crippen LogP contribution in [0, 0.1) is 0 Å². The van der Waals surface area contributed by atoms with Crippen LogP contribution in [0.25, 0.3) is 17.1 Å². The summed E-state index contributed by atoms with van der Waals surface area (Å²) in [5.41, 5.74) is 2.16. The predicted octanol–water partition coefficient (Wildman–Crippen LogP) is 5.60. The third kappa shape index (κ3) is 3.83. The quantitative estimate of drug-likeness (QED) is 0.437. The van der Waals surface area contributed by atoms with E-state index in [0.717, 1.165) is 15.7 Å². The fraction of sp³-hybridized carbons (Fsp3) is 0. The smallest absolute Gasteiger partial charge is 0.295 e. The van der Waals surface area contributed by atoms with E-state index < -0.39 is 5.91 Å². The van der Waals surface area contributed by atoms with E-state index in [1.54, 1.807) is 28.9 Å². The average Bonchev–Trinajstić information content (AvgIpc) is 3.16. The largest absolute Gasteiger partial charge is 0.318 e. The van der Waals surface area contributed by atoms with Gasteiger partial charge in [0, 0.05) is 10.0 Å². The molecule has 1 amide bonds. The lowest BCUT2D eigenvalue weighted by molar-refractivity contribution is 0.101. The van der Waals surface area contributed by atoms with Gasteiger partial charge >= 0.3 is 0 Å². The highest BCUT2D eigenvalue weighted by molar-refractivity contribution is 9.10. The number of para-hydroxylation sites is 2. The molecule has 0 atom stereocenters. The molecule has 7 heteroatoms. The summed E-state index contributed by atoms with van der Waals surface area (Å²) in [6, 6.07) is 24.3. The van der Waals surface area contributed by atoms with Crippen LogP contribution in [0.2, 0.25) is 5.02 Å². The maximum atomic E-state index is 12.7. The third-order valence-electron chi connectivity index (χ3n) is 4.04. The Morgan fingerprint density at radius 3 is 2.32 bits per heavy atom. The number of halogens is 2. The molecule has 0 spiro atoms. The number of amides is 1. The van der Waals surface area contributed by atoms with Crippen LogP contribution < -0.4 is 5.32 Å². The summed E-state index contributed by atoms with van der Waals surface area (Å²) in [6.07, 6.45) is 0. The van der Waals surface area contributed by atoms with Crippen LogP contribution in [0.5, 0.6) is 0 Å². The summed E-state index contributed by atoms with van der Waals surface area (Å²) in [5.74, 6) is 0.200. The minimum absolute atomic E-state index is 0.0571. The second kappa shape index (κ2) is 7.96. The molecular formula is C21H14BrClN4O. The molecule has 138 valence electrons. The molecule has 1 heterocycles. The highest BCUT2D eigenvalue weighted by Crippen LogP contribution is 2.24. The molecule has 4 rings (SSSR count). The van der Waals surface area contributed by atoms with Crippen LogP contribution in [0.4, 0.5) is 5.69 Å². The molecule has 3 aromatic carbocycles. The van der Waals surface area contributed by atoms with E-state index in [2.05, 4.69) is 31.3 Å². The molecule has 0 aliphatic rings. The first-order valence-corrected chi connectivity index (χ1v) is 9.63. The molecule has 0 bridgehead atoms. The van der Waals surface area contributed by atoms with Gasteiger partial charge in [-0.05, 0) is 36.4 Å². The van der Waals surface area contributed by atoms with Gasteiger partial charge in [0.15, 0.2) is 5.82 Å². The lowest BCUT2D eigenvalue weighted by Gasteiger charge is -2.05. The number of rotatable bonds is 4. The van der Waals surface area contributed by atoms with Gasteiger partial charge in [-0.2, -0.15) is 0 Å². The minimum atomic E-state index is -0.429. The fourth-order valence-electron chi connectivity index (χ4n) is 2.68. The molecule has 1 aromatic heterocycles. The Morgan fingerprint density at radius 2 is 1.61 bits per heavy atom. The summed E-state index contributed by atoms with van der Waals surface area (Å²) < 4.78 is 2.61. The van der Waals surface area contributed by atoms with Crippen molar-refractivity contribution in [1.82, 2.24) is 14.8 Å². The number of aromatic nitrogens is 3. The average molecular weight is 454 g/mol. The number of nitrogens with one attached hydrogen (secondary N) is 1. The number of anilines is 1. The number of carbonyl (C=O) groups excluding carboxylic acids is 1. The maximum Gasteiger partial charge on any atom is 0.295 e. The van der Waals surface area contributed by atoms with Gasteiger partial charge in [-0.15, -0.1) is 5.10 Å². The Morgan fingerprint density at radius 1 is 0.929 bits per heavy atom. The van der Waals surface area contributed by atoms with E-state index >= 15 is 0 Å². The van der Waals surface area contributed by atoms with Crippen molar-refractivity contribution in [3.05, 3.63) is 94.2 Å². The summed E-state index contributed by atoms with van der Waals surface area (Å²) in [6.45, 7) is 0. The molecule has 28 heavy (non-hydrogen) atoms. The monoisotopic (exact) mass is 452 g/mol. The zero-order valence-electron chi connectivity index (χ0n) is 14.5. The van der Waals surface area contributed by atoms with Crippen LogP contribution >= 0.6 is 27.5 Å².